The minimum atomic E-state index is -3.44. The van der Waals surface area contributed by atoms with Gasteiger partial charge in [0.1, 0.15) is 11.9 Å². The maximum atomic E-state index is 12.7. The summed E-state index contributed by atoms with van der Waals surface area (Å²) in [7, 11) is -3.44. The molecule has 1 N–H and O–H groups in total. The van der Waals surface area contributed by atoms with Crippen LogP contribution in [0.25, 0.3) is 0 Å². The lowest BCUT2D eigenvalue weighted by Crippen LogP contribution is -2.15. The molecule has 0 spiro atoms. The molecule has 0 aliphatic heterocycles. The van der Waals surface area contributed by atoms with E-state index in [0.717, 1.165) is 12.1 Å². The Hall–Kier alpha value is -1.61. The first-order chi connectivity index (χ1) is 6.98. The van der Waals surface area contributed by atoms with Crippen molar-refractivity contribution in [2.24, 2.45) is 0 Å². The van der Waals surface area contributed by atoms with E-state index in [9.17, 15) is 12.8 Å². The number of hydrogen-bond donors (Lipinski definition) is 1. The maximum absolute atomic E-state index is 12.7. The van der Waals surface area contributed by atoms with Crippen molar-refractivity contribution >= 4 is 15.7 Å². The predicted molar refractivity (Wildman–Crippen MR) is 54.2 cm³/mol. The van der Waals surface area contributed by atoms with Crippen LogP contribution in [0.3, 0.4) is 0 Å². The van der Waals surface area contributed by atoms with Gasteiger partial charge in [0.15, 0.2) is 0 Å². The third kappa shape index (κ3) is 2.92. The summed E-state index contributed by atoms with van der Waals surface area (Å²) in [5.41, 5.74) is 0.0628. The fraction of sp³-hybridized carbons (Fsp3) is 0.222. The Morgan fingerprint density at radius 2 is 2.20 bits per heavy atom. The van der Waals surface area contributed by atoms with Gasteiger partial charge >= 0.3 is 0 Å². The Morgan fingerprint density at radius 1 is 1.53 bits per heavy atom. The quantitative estimate of drug-likeness (QED) is 0.851. The van der Waals surface area contributed by atoms with Crippen LogP contribution in [0.1, 0.15) is 12.5 Å². The number of nitriles is 1. The van der Waals surface area contributed by atoms with Gasteiger partial charge in [0.25, 0.3) is 0 Å². The van der Waals surface area contributed by atoms with E-state index in [4.69, 9.17) is 5.26 Å². The molecule has 15 heavy (non-hydrogen) atoms. The normalized spacial score (nSPS) is 10.7. The number of anilines is 1. The van der Waals surface area contributed by atoms with Crippen molar-refractivity contribution < 1.29 is 12.8 Å². The number of sulfonamides is 1. The van der Waals surface area contributed by atoms with E-state index in [-0.39, 0.29) is 17.0 Å². The zero-order valence-corrected chi connectivity index (χ0v) is 8.81. The molecule has 4 nitrogen and oxygen atoms in total. The molecule has 0 aliphatic rings. The molecule has 0 bridgehead atoms. The van der Waals surface area contributed by atoms with Crippen molar-refractivity contribution in [3.05, 3.63) is 29.6 Å². The van der Waals surface area contributed by atoms with Gasteiger partial charge in [-0.25, -0.2) is 12.8 Å². The summed E-state index contributed by atoms with van der Waals surface area (Å²) >= 11 is 0. The zero-order valence-electron chi connectivity index (χ0n) is 7.99. The lowest BCUT2D eigenvalue weighted by molar-refractivity contribution is 0.602. The molecule has 1 aromatic rings. The Labute approximate surface area is 87.4 Å². The number of nitrogens with zero attached hydrogens (tertiary/aromatic N) is 1. The van der Waals surface area contributed by atoms with Gasteiger partial charge in [0.2, 0.25) is 10.0 Å². The molecule has 6 heteroatoms. The van der Waals surface area contributed by atoms with Gasteiger partial charge in [-0.15, -0.1) is 0 Å². The highest BCUT2D eigenvalue weighted by Gasteiger charge is 2.10. The van der Waals surface area contributed by atoms with E-state index < -0.39 is 15.8 Å². The number of benzene rings is 1. The van der Waals surface area contributed by atoms with Gasteiger partial charge in [-0.2, -0.15) is 5.26 Å². The Bertz CT molecular complexity index is 505. The lowest BCUT2D eigenvalue weighted by Gasteiger charge is -2.07. The van der Waals surface area contributed by atoms with E-state index in [2.05, 4.69) is 4.72 Å². The van der Waals surface area contributed by atoms with Crippen molar-refractivity contribution in [2.75, 3.05) is 10.5 Å². The molecule has 0 aromatic heterocycles. The standard InChI is InChI=1S/C9H9FN2O2S/c1-2-15(13,14)12-9-4-3-8(10)5-7(9)6-11/h3-5,12H,2H2,1H3. The van der Waals surface area contributed by atoms with Crippen LogP contribution in [-0.2, 0) is 10.0 Å². The summed E-state index contributed by atoms with van der Waals surface area (Å²) in [5, 5.41) is 8.66. The monoisotopic (exact) mass is 228 g/mol. The molecule has 0 fully saturated rings. The summed E-state index contributed by atoms with van der Waals surface area (Å²) < 4.78 is 37.3. The van der Waals surface area contributed by atoms with Crippen LogP contribution in [-0.4, -0.2) is 14.2 Å². The minimum Gasteiger partial charge on any atom is -0.282 e. The van der Waals surface area contributed by atoms with Crippen LogP contribution < -0.4 is 4.72 Å². The summed E-state index contributed by atoms with van der Waals surface area (Å²) in [6, 6.07) is 5.01. The molecule has 0 aliphatic carbocycles. The van der Waals surface area contributed by atoms with Gasteiger partial charge in [-0.1, -0.05) is 0 Å². The van der Waals surface area contributed by atoms with Crippen molar-refractivity contribution in [3.63, 3.8) is 0 Å². The number of rotatable bonds is 3. The molecule has 0 saturated heterocycles. The van der Waals surface area contributed by atoms with E-state index in [1.807, 2.05) is 0 Å². The average Bonchev–Trinajstić information content (AvgIpc) is 2.20. The Balaban J connectivity index is 3.12. The SMILES string of the molecule is CCS(=O)(=O)Nc1ccc(F)cc1C#N. The largest absolute Gasteiger partial charge is 0.282 e. The summed E-state index contributed by atoms with van der Waals surface area (Å²) in [4.78, 5) is 0. The second-order valence-electron chi connectivity index (χ2n) is 2.81. The fourth-order valence-corrected chi connectivity index (χ4v) is 1.60. The predicted octanol–water partition coefficient (Wildman–Crippen LogP) is 1.46. The second-order valence-corrected chi connectivity index (χ2v) is 4.82. The van der Waals surface area contributed by atoms with Crippen LogP contribution in [0.2, 0.25) is 0 Å². The topological polar surface area (TPSA) is 70.0 Å². The van der Waals surface area contributed by atoms with Crippen molar-refractivity contribution in [1.82, 2.24) is 0 Å². The molecular weight excluding hydrogens is 219 g/mol. The first kappa shape index (κ1) is 11.5. The molecule has 0 amide bonds. The van der Waals surface area contributed by atoms with Crippen LogP contribution >= 0.6 is 0 Å². The van der Waals surface area contributed by atoms with E-state index in [0.29, 0.717) is 0 Å². The van der Waals surface area contributed by atoms with E-state index >= 15 is 0 Å². The van der Waals surface area contributed by atoms with Crippen LogP contribution in [0.15, 0.2) is 18.2 Å². The van der Waals surface area contributed by atoms with Gasteiger partial charge in [-0.3, -0.25) is 4.72 Å². The summed E-state index contributed by atoms with van der Waals surface area (Å²) in [6.07, 6.45) is 0. The van der Waals surface area contributed by atoms with Crippen molar-refractivity contribution in [3.8, 4) is 6.07 Å². The van der Waals surface area contributed by atoms with Gasteiger partial charge in [-0.05, 0) is 25.1 Å². The molecule has 0 unspecified atom stereocenters. The van der Waals surface area contributed by atoms with Crippen LogP contribution in [0.5, 0.6) is 0 Å². The van der Waals surface area contributed by atoms with Crippen molar-refractivity contribution in [1.29, 1.82) is 5.26 Å². The van der Waals surface area contributed by atoms with Gasteiger partial charge < -0.3 is 0 Å². The van der Waals surface area contributed by atoms with Crippen LogP contribution in [0.4, 0.5) is 10.1 Å². The highest BCUT2D eigenvalue weighted by Crippen LogP contribution is 2.17. The molecule has 0 radical (unpaired) electrons. The maximum Gasteiger partial charge on any atom is 0.232 e. The molecule has 80 valence electrons. The van der Waals surface area contributed by atoms with Gasteiger partial charge in [0, 0.05) is 0 Å². The minimum absolute atomic E-state index is 0.0352. The smallest absolute Gasteiger partial charge is 0.232 e. The summed E-state index contributed by atoms with van der Waals surface area (Å²) in [5.74, 6) is -0.680. The van der Waals surface area contributed by atoms with Gasteiger partial charge in [0.05, 0.1) is 17.0 Å². The first-order valence-corrected chi connectivity index (χ1v) is 5.84. The summed E-state index contributed by atoms with van der Waals surface area (Å²) in [6.45, 7) is 1.47. The number of nitrogens with one attached hydrogen (secondary N) is 1. The highest BCUT2D eigenvalue weighted by atomic mass is 32.2. The lowest BCUT2D eigenvalue weighted by atomic mass is 10.2. The molecule has 0 heterocycles. The second kappa shape index (κ2) is 4.28. The van der Waals surface area contributed by atoms with Crippen molar-refractivity contribution in [2.45, 2.75) is 6.92 Å². The average molecular weight is 228 g/mol. The van der Waals surface area contributed by atoms with Crippen LogP contribution in [0, 0.1) is 17.1 Å². The van der Waals surface area contributed by atoms with E-state index in [1.54, 1.807) is 6.07 Å². The number of halogens is 1. The molecule has 1 rings (SSSR count). The van der Waals surface area contributed by atoms with E-state index in [1.165, 1.54) is 13.0 Å². The molecule has 0 atom stereocenters. The third-order valence-electron chi connectivity index (χ3n) is 1.75. The highest BCUT2D eigenvalue weighted by molar-refractivity contribution is 7.92. The molecular formula is C9H9FN2O2S. The Kier molecular flexibility index (Phi) is 3.27. The first-order valence-electron chi connectivity index (χ1n) is 4.18. The zero-order chi connectivity index (χ0) is 11.5. The molecule has 0 saturated carbocycles. The fourth-order valence-electron chi connectivity index (χ4n) is 0.938. The third-order valence-corrected chi connectivity index (χ3v) is 3.04. The molecule has 1 aromatic carbocycles. The Morgan fingerprint density at radius 3 is 2.73 bits per heavy atom. The number of hydrogen-bond acceptors (Lipinski definition) is 3.